The first-order chi connectivity index (χ1) is 17.8. The van der Waals surface area contributed by atoms with Crippen LogP contribution in [0.5, 0.6) is 0 Å². The Morgan fingerprint density at radius 3 is 2.43 bits per heavy atom. The topological polar surface area (TPSA) is 103 Å². The number of hydrogen-bond acceptors (Lipinski definition) is 8. The SMILES string of the molecule is C=CCOC(=O)C1(C(=O)OCC=C)OC=C(c2cccc(C[C@@H](C)NCC(O)c3cccc(Cl)c3)c2)O1. The van der Waals surface area contributed by atoms with Gasteiger partial charge in [0.2, 0.25) is 0 Å². The van der Waals surface area contributed by atoms with Crippen LogP contribution in [-0.4, -0.2) is 48.6 Å². The van der Waals surface area contributed by atoms with Gasteiger partial charge in [-0.2, -0.15) is 0 Å². The number of rotatable bonds is 13. The fourth-order valence-electron chi connectivity index (χ4n) is 3.61. The summed E-state index contributed by atoms with van der Waals surface area (Å²) in [5, 5.41) is 14.3. The molecule has 2 N–H and O–H groups in total. The molecular weight excluding hydrogens is 498 g/mol. The van der Waals surface area contributed by atoms with Gasteiger partial charge in [0.1, 0.15) is 19.5 Å². The summed E-state index contributed by atoms with van der Waals surface area (Å²) in [6.07, 6.45) is 3.84. The third-order valence-electron chi connectivity index (χ3n) is 5.43. The van der Waals surface area contributed by atoms with E-state index in [2.05, 4.69) is 18.5 Å². The van der Waals surface area contributed by atoms with Crippen LogP contribution in [0, 0.1) is 0 Å². The van der Waals surface area contributed by atoms with Gasteiger partial charge in [-0.1, -0.05) is 67.2 Å². The van der Waals surface area contributed by atoms with Crippen LogP contribution in [0.2, 0.25) is 5.02 Å². The Morgan fingerprint density at radius 1 is 1.11 bits per heavy atom. The number of carbonyl (C=O) groups is 2. The molecule has 0 saturated heterocycles. The van der Waals surface area contributed by atoms with E-state index in [1.165, 1.54) is 18.4 Å². The zero-order valence-electron chi connectivity index (χ0n) is 20.5. The van der Waals surface area contributed by atoms with E-state index in [-0.39, 0.29) is 25.0 Å². The van der Waals surface area contributed by atoms with Gasteiger partial charge >= 0.3 is 17.7 Å². The molecule has 0 amide bonds. The maximum absolute atomic E-state index is 12.7. The van der Waals surface area contributed by atoms with Gasteiger partial charge in [-0.05, 0) is 42.7 Å². The lowest BCUT2D eigenvalue weighted by molar-refractivity contribution is -0.214. The summed E-state index contributed by atoms with van der Waals surface area (Å²) in [7, 11) is 0. The minimum Gasteiger partial charge on any atom is -0.455 e. The number of esters is 2. The molecule has 0 radical (unpaired) electrons. The van der Waals surface area contributed by atoms with Crippen molar-refractivity contribution >= 4 is 29.3 Å². The summed E-state index contributed by atoms with van der Waals surface area (Å²) in [6.45, 7) is 9.06. The van der Waals surface area contributed by atoms with E-state index in [0.717, 1.165) is 11.1 Å². The average Bonchev–Trinajstić information content (AvgIpc) is 3.36. The van der Waals surface area contributed by atoms with Crippen molar-refractivity contribution in [1.29, 1.82) is 0 Å². The smallest absolute Gasteiger partial charge is 0.453 e. The minimum absolute atomic E-state index is 0.0284. The molecule has 0 aliphatic carbocycles. The molecule has 0 aromatic heterocycles. The quantitative estimate of drug-likeness (QED) is 0.228. The Labute approximate surface area is 221 Å². The molecule has 1 unspecified atom stereocenters. The molecule has 0 spiro atoms. The van der Waals surface area contributed by atoms with Crippen molar-refractivity contribution in [3.8, 4) is 0 Å². The van der Waals surface area contributed by atoms with E-state index < -0.39 is 23.8 Å². The molecule has 1 heterocycles. The second kappa shape index (κ2) is 13.1. The molecule has 196 valence electrons. The zero-order chi connectivity index (χ0) is 26.8. The highest BCUT2D eigenvalue weighted by molar-refractivity contribution is 6.30. The van der Waals surface area contributed by atoms with Crippen LogP contribution in [-0.2, 0) is 35.0 Å². The van der Waals surface area contributed by atoms with Gasteiger partial charge in [-0.3, -0.25) is 0 Å². The monoisotopic (exact) mass is 527 g/mol. The molecule has 1 aliphatic rings. The maximum atomic E-state index is 12.7. The van der Waals surface area contributed by atoms with E-state index in [4.69, 9.17) is 30.5 Å². The van der Waals surface area contributed by atoms with Gasteiger partial charge in [0.15, 0.2) is 5.76 Å². The van der Waals surface area contributed by atoms with Gasteiger partial charge < -0.3 is 29.4 Å². The number of aliphatic hydroxyl groups excluding tert-OH is 1. The predicted molar refractivity (Wildman–Crippen MR) is 139 cm³/mol. The second-order valence-electron chi connectivity index (χ2n) is 8.38. The first kappa shape index (κ1) is 28.0. The Morgan fingerprint density at radius 2 is 1.78 bits per heavy atom. The summed E-state index contributed by atoms with van der Waals surface area (Å²) in [5.41, 5.74) is 2.29. The summed E-state index contributed by atoms with van der Waals surface area (Å²) in [4.78, 5) is 25.3. The highest BCUT2D eigenvalue weighted by Crippen LogP contribution is 2.34. The van der Waals surface area contributed by atoms with Crippen LogP contribution in [0.4, 0.5) is 0 Å². The molecule has 1 aliphatic heterocycles. The lowest BCUT2D eigenvalue weighted by Gasteiger charge is -2.23. The molecule has 0 bridgehead atoms. The van der Waals surface area contributed by atoms with E-state index >= 15 is 0 Å². The van der Waals surface area contributed by atoms with E-state index in [1.54, 1.807) is 24.3 Å². The Balaban J connectivity index is 1.65. The Kier molecular flexibility index (Phi) is 9.91. The summed E-state index contributed by atoms with van der Waals surface area (Å²) >= 11 is 6.01. The molecule has 8 nitrogen and oxygen atoms in total. The van der Waals surface area contributed by atoms with Crippen LogP contribution >= 0.6 is 11.6 Å². The van der Waals surface area contributed by atoms with Crippen LogP contribution in [0.25, 0.3) is 5.76 Å². The maximum Gasteiger partial charge on any atom is 0.453 e. The first-order valence-corrected chi connectivity index (χ1v) is 12.1. The highest BCUT2D eigenvalue weighted by atomic mass is 35.5. The van der Waals surface area contributed by atoms with Crippen molar-refractivity contribution in [2.75, 3.05) is 19.8 Å². The molecule has 9 heteroatoms. The van der Waals surface area contributed by atoms with Gasteiger partial charge in [0.05, 0.1) is 6.10 Å². The fraction of sp³-hybridized carbons (Fsp3) is 0.286. The number of benzene rings is 2. The molecule has 3 rings (SSSR count). The lowest BCUT2D eigenvalue weighted by Crippen LogP contribution is -2.50. The lowest BCUT2D eigenvalue weighted by atomic mass is 10.0. The van der Waals surface area contributed by atoms with Crippen molar-refractivity contribution in [2.24, 2.45) is 0 Å². The third kappa shape index (κ3) is 7.22. The molecule has 37 heavy (non-hydrogen) atoms. The number of hydrogen-bond donors (Lipinski definition) is 2. The standard InChI is InChI=1S/C28H30ClNO7/c1-4-12-34-26(32)28(27(33)35-13-5-2)36-18-25(37-28)22-10-6-8-20(15-22)14-19(3)30-17-24(31)21-9-7-11-23(29)16-21/h4-11,15-16,18-19,24,30-31H,1-2,12-14,17H2,3H3/t19-,24?/m1/s1. The van der Waals surface area contributed by atoms with Gasteiger partial charge in [0.25, 0.3) is 0 Å². The second-order valence-corrected chi connectivity index (χ2v) is 8.81. The zero-order valence-corrected chi connectivity index (χ0v) is 21.3. The number of aliphatic hydroxyl groups is 1. The molecule has 2 aromatic carbocycles. The number of halogens is 1. The average molecular weight is 528 g/mol. The number of carbonyl (C=O) groups excluding carboxylic acids is 2. The Bertz CT molecular complexity index is 1140. The molecule has 2 aromatic rings. The fourth-order valence-corrected chi connectivity index (χ4v) is 3.81. The largest absolute Gasteiger partial charge is 0.455 e. The van der Waals surface area contributed by atoms with Crippen LogP contribution < -0.4 is 5.32 Å². The van der Waals surface area contributed by atoms with Gasteiger partial charge in [-0.15, -0.1) is 0 Å². The van der Waals surface area contributed by atoms with E-state index in [1.807, 2.05) is 31.2 Å². The van der Waals surface area contributed by atoms with Crippen molar-refractivity contribution < 1.29 is 33.6 Å². The highest BCUT2D eigenvalue weighted by Gasteiger charge is 2.58. The van der Waals surface area contributed by atoms with Crippen molar-refractivity contribution in [3.05, 3.63) is 102 Å². The van der Waals surface area contributed by atoms with Crippen molar-refractivity contribution in [2.45, 2.75) is 31.3 Å². The molecule has 0 saturated carbocycles. The third-order valence-corrected chi connectivity index (χ3v) is 5.67. The predicted octanol–water partition coefficient (Wildman–Crippen LogP) is 4.09. The van der Waals surface area contributed by atoms with Crippen molar-refractivity contribution in [1.82, 2.24) is 5.32 Å². The summed E-state index contributed by atoms with van der Waals surface area (Å²) in [5.74, 6) is -4.35. The number of ether oxygens (including phenoxy) is 4. The van der Waals surface area contributed by atoms with E-state index in [9.17, 15) is 14.7 Å². The van der Waals surface area contributed by atoms with Crippen molar-refractivity contribution in [3.63, 3.8) is 0 Å². The molecule has 0 fully saturated rings. The Hall–Kier alpha value is -3.59. The normalized spacial score (nSPS) is 15.4. The van der Waals surface area contributed by atoms with Crippen LogP contribution in [0.15, 0.2) is 80.1 Å². The van der Waals surface area contributed by atoms with Gasteiger partial charge in [-0.25, -0.2) is 9.59 Å². The number of nitrogens with one attached hydrogen (secondary N) is 1. The van der Waals surface area contributed by atoms with Crippen LogP contribution in [0.1, 0.15) is 29.7 Å². The van der Waals surface area contributed by atoms with E-state index in [0.29, 0.717) is 23.6 Å². The summed E-state index contributed by atoms with van der Waals surface area (Å²) in [6, 6.07) is 14.5. The van der Waals surface area contributed by atoms with Crippen LogP contribution in [0.3, 0.4) is 0 Å². The molecule has 2 atom stereocenters. The van der Waals surface area contributed by atoms with Gasteiger partial charge in [0, 0.05) is 23.2 Å². The first-order valence-electron chi connectivity index (χ1n) is 11.7. The summed E-state index contributed by atoms with van der Waals surface area (Å²) < 4.78 is 21.2. The molecular formula is C28H30ClNO7. The minimum atomic E-state index is -2.41.